The SMILES string of the molecule is CCOc1ccccc1N(CC(=O)N(Cc1ccc(Cl)c(Cl)c1)[C@H](C)C(=O)NCC(C)C)S(C)(=O)=O. The van der Waals surface area contributed by atoms with Crippen LogP contribution in [0.15, 0.2) is 42.5 Å². The lowest BCUT2D eigenvalue weighted by Crippen LogP contribution is -2.51. The molecule has 0 radical (unpaired) electrons. The number of anilines is 1. The number of para-hydroxylation sites is 2. The summed E-state index contributed by atoms with van der Waals surface area (Å²) in [4.78, 5) is 27.8. The molecule has 0 heterocycles. The summed E-state index contributed by atoms with van der Waals surface area (Å²) in [6.07, 6.45) is 1.02. The van der Waals surface area contributed by atoms with Gasteiger partial charge in [0.25, 0.3) is 0 Å². The summed E-state index contributed by atoms with van der Waals surface area (Å²) < 4.78 is 32.1. The van der Waals surface area contributed by atoms with E-state index >= 15 is 0 Å². The summed E-state index contributed by atoms with van der Waals surface area (Å²) in [5, 5.41) is 3.50. The van der Waals surface area contributed by atoms with E-state index in [1.807, 2.05) is 13.8 Å². The molecule has 1 atom stereocenters. The molecule has 0 saturated carbocycles. The molecule has 2 aromatic rings. The van der Waals surface area contributed by atoms with Crippen molar-refractivity contribution in [2.24, 2.45) is 5.92 Å². The van der Waals surface area contributed by atoms with Gasteiger partial charge in [-0.2, -0.15) is 0 Å². The van der Waals surface area contributed by atoms with Gasteiger partial charge in [-0.05, 0) is 49.6 Å². The lowest BCUT2D eigenvalue weighted by Gasteiger charge is -2.32. The molecule has 0 aliphatic carbocycles. The average Bonchev–Trinajstić information content (AvgIpc) is 2.81. The number of nitrogens with zero attached hydrogens (tertiary/aromatic N) is 2. The van der Waals surface area contributed by atoms with Gasteiger partial charge in [0.05, 0.1) is 28.6 Å². The van der Waals surface area contributed by atoms with Crippen molar-refractivity contribution in [1.82, 2.24) is 10.2 Å². The lowest BCUT2D eigenvalue weighted by atomic mass is 10.1. The van der Waals surface area contributed by atoms with E-state index < -0.39 is 28.5 Å². The topological polar surface area (TPSA) is 96.0 Å². The Morgan fingerprint density at radius 3 is 2.31 bits per heavy atom. The zero-order chi connectivity index (χ0) is 27.0. The van der Waals surface area contributed by atoms with Crippen LogP contribution in [0.5, 0.6) is 5.75 Å². The van der Waals surface area contributed by atoms with E-state index in [0.29, 0.717) is 34.5 Å². The zero-order valence-electron chi connectivity index (χ0n) is 21.1. The minimum Gasteiger partial charge on any atom is -0.492 e. The Balaban J connectivity index is 2.44. The molecule has 8 nitrogen and oxygen atoms in total. The molecule has 0 fully saturated rings. The van der Waals surface area contributed by atoms with Gasteiger partial charge in [-0.3, -0.25) is 13.9 Å². The Hall–Kier alpha value is -2.49. The van der Waals surface area contributed by atoms with Gasteiger partial charge in [0, 0.05) is 13.1 Å². The molecule has 36 heavy (non-hydrogen) atoms. The van der Waals surface area contributed by atoms with Crippen LogP contribution < -0.4 is 14.4 Å². The van der Waals surface area contributed by atoms with Crippen molar-refractivity contribution in [1.29, 1.82) is 0 Å². The number of ether oxygens (including phenoxy) is 1. The molecule has 2 aromatic carbocycles. The second-order valence-electron chi connectivity index (χ2n) is 8.76. The first-order valence-electron chi connectivity index (χ1n) is 11.6. The average molecular weight is 559 g/mol. The number of hydrogen-bond donors (Lipinski definition) is 1. The van der Waals surface area contributed by atoms with Gasteiger partial charge >= 0.3 is 0 Å². The van der Waals surface area contributed by atoms with Crippen molar-refractivity contribution in [2.75, 3.05) is 30.3 Å². The van der Waals surface area contributed by atoms with Crippen LogP contribution in [0.4, 0.5) is 5.69 Å². The molecule has 1 N–H and O–H groups in total. The highest BCUT2D eigenvalue weighted by molar-refractivity contribution is 7.92. The molecular formula is C25H33Cl2N3O5S. The number of halogens is 2. The fraction of sp³-hybridized carbons (Fsp3) is 0.440. The van der Waals surface area contributed by atoms with Gasteiger partial charge in [0.1, 0.15) is 18.3 Å². The van der Waals surface area contributed by atoms with E-state index in [9.17, 15) is 18.0 Å². The molecule has 2 rings (SSSR count). The largest absolute Gasteiger partial charge is 0.492 e. The van der Waals surface area contributed by atoms with Crippen LogP contribution in [0, 0.1) is 5.92 Å². The molecule has 0 bridgehead atoms. The van der Waals surface area contributed by atoms with E-state index in [2.05, 4.69) is 5.32 Å². The van der Waals surface area contributed by atoms with Gasteiger partial charge < -0.3 is 15.0 Å². The normalized spacial score (nSPS) is 12.2. The van der Waals surface area contributed by atoms with Crippen molar-refractivity contribution < 1.29 is 22.7 Å². The summed E-state index contributed by atoms with van der Waals surface area (Å²) in [6, 6.07) is 10.6. The van der Waals surface area contributed by atoms with Crippen molar-refractivity contribution in [3.63, 3.8) is 0 Å². The summed E-state index contributed by atoms with van der Waals surface area (Å²) in [5.41, 5.74) is 0.878. The molecule has 0 aliphatic heterocycles. The van der Waals surface area contributed by atoms with Crippen LogP contribution in [-0.2, 0) is 26.2 Å². The Bertz CT molecular complexity index is 1170. The number of sulfonamides is 1. The van der Waals surface area contributed by atoms with E-state index in [4.69, 9.17) is 27.9 Å². The van der Waals surface area contributed by atoms with Gasteiger partial charge in [-0.25, -0.2) is 8.42 Å². The van der Waals surface area contributed by atoms with E-state index in [1.165, 1.54) is 4.90 Å². The molecule has 0 aromatic heterocycles. The standard InChI is InChI=1S/C25H33Cl2N3O5S/c1-6-35-23-10-8-7-9-22(23)30(36(5,33)34)16-24(31)29(18(4)25(32)28-14-17(2)3)15-19-11-12-20(26)21(27)13-19/h7-13,17-18H,6,14-16H2,1-5H3,(H,28,32)/t18-/m1/s1. The van der Waals surface area contributed by atoms with Crippen LogP contribution in [0.2, 0.25) is 10.0 Å². The molecule has 0 saturated heterocycles. The lowest BCUT2D eigenvalue weighted by molar-refractivity contribution is -0.139. The van der Waals surface area contributed by atoms with Crippen LogP contribution in [-0.4, -0.2) is 57.1 Å². The molecular weight excluding hydrogens is 525 g/mol. The summed E-state index contributed by atoms with van der Waals surface area (Å²) >= 11 is 12.2. The third-order valence-electron chi connectivity index (χ3n) is 5.30. The van der Waals surface area contributed by atoms with E-state index in [0.717, 1.165) is 10.6 Å². The first-order chi connectivity index (χ1) is 16.8. The highest BCUT2D eigenvalue weighted by Crippen LogP contribution is 2.30. The Morgan fingerprint density at radius 2 is 1.72 bits per heavy atom. The molecule has 0 spiro atoms. The van der Waals surface area contributed by atoms with Crippen molar-refractivity contribution in [3.05, 3.63) is 58.1 Å². The monoisotopic (exact) mass is 557 g/mol. The maximum Gasteiger partial charge on any atom is 0.244 e. The first kappa shape index (κ1) is 29.7. The number of benzene rings is 2. The second-order valence-corrected chi connectivity index (χ2v) is 11.5. The number of nitrogens with one attached hydrogen (secondary N) is 1. The van der Waals surface area contributed by atoms with Crippen molar-refractivity contribution in [3.8, 4) is 5.75 Å². The third kappa shape index (κ3) is 8.28. The first-order valence-corrected chi connectivity index (χ1v) is 14.2. The number of hydrogen-bond acceptors (Lipinski definition) is 5. The maximum absolute atomic E-state index is 13.6. The Kier molecular flexibility index (Phi) is 10.9. The highest BCUT2D eigenvalue weighted by atomic mass is 35.5. The van der Waals surface area contributed by atoms with Crippen LogP contribution >= 0.6 is 23.2 Å². The zero-order valence-corrected chi connectivity index (χ0v) is 23.5. The Morgan fingerprint density at radius 1 is 1.06 bits per heavy atom. The van der Waals surface area contributed by atoms with Gasteiger partial charge in [0.15, 0.2) is 0 Å². The number of amides is 2. The Labute approximate surface area is 223 Å². The smallest absolute Gasteiger partial charge is 0.244 e. The van der Waals surface area contributed by atoms with Gasteiger partial charge in [0.2, 0.25) is 21.8 Å². The molecule has 198 valence electrons. The summed E-state index contributed by atoms with van der Waals surface area (Å²) in [7, 11) is -3.87. The number of carbonyl (C=O) groups is 2. The van der Waals surface area contributed by atoms with Crippen LogP contribution in [0.25, 0.3) is 0 Å². The van der Waals surface area contributed by atoms with Crippen LogP contribution in [0.1, 0.15) is 33.3 Å². The second kappa shape index (κ2) is 13.2. The van der Waals surface area contributed by atoms with Crippen molar-refractivity contribution in [2.45, 2.75) is 40.3 Å². The predicted octanol–water partition coefficient (Wildman–Crippen LogP) is 4.35. The van der Waals surface area contributed by atoms with E-state index in [-0.39, 0.29) is 24.1 Å². The van der Waals surface area contributed by atoms with Gasteiger partial charge in [-0.15, -0.1) is 0 Å². The molecule has 0 aliphatic rings. The maximum atomic E-state index is 13.6. The molecule has 0 unspecified atom stereocenters. The number of rotatable bonds is 12. The fourth-order valence-corrected chi connectivity index (χ4v) is 4.58. The summed E-state index contributed by atoms with van der Waals surface area (Å²) in [6.45, 7) is 7.57. The predicted molar refractivity (Wildman–Crippen MR) is 144 cm³/mol. The van der Waals surface area contributed by atoms with Crippen molar-refractivity contribution >= 4 is 50.7 Å². The number of carbonyl (C=O) groups excluding carboxylic acids is 2. The summed E-state index contributed by atoms with van der Waals surface area (Å²) in [5.74, 6) is -0.365. The highest BCUT2D eigenvalue weighted by Gasteiger charge is 2.31. The quantitative estimate of drug-likeness (QED) is 0.418. The van der Waals surface area contributed by atoms with Crippen LogP contribution in [0.3, 0.4) is 0 Å². The minimum absolute atomic E-state index is 0.0245. The molecule has 11 heteroatoms. The minimum atomic E-state index is -3.87. The van der Waals surface area contributed by atoms with Gasteiger partial charge in [-0.1, -0.05) is 55.2 Å². The van der Waals surface area contributed by atoms with E-state index in [1.54, 1.807) is 56.3 Å². The third-order valence-corrected chi connectivity index (χ3v) is 7.17. The fourth-order valence-electron chi connectivity index (χ4n) is 3.41. The molecule has 2 amide bonds.